The van der Waals surface area contributed by atoms with Crippen LogP contribution in [0.1, 0.15) is 5.56 Å². The first-order chi connectivity index (χ1) is 9.83. The molecule has 0 fully saturated rings. The minimum absolute atomic E-state index is 0.0849. The van der Waals surface area contributed by atoms with Gasteiger partial charge >= 0.3 is 0 Å². The fraction of sp³-hybridized carbons (Fsp3) is 0.143. The van der Waals surface area contributed by atoms with Crippen LogP contribution in [0.25, 0.3) is 0 Å². The minimum Gasteiger partial charge on any atom is -0.399 e. The van der Waals surface area contributed by atoms with E-state index in [1.807, 2.05) is 19.1 Å². The van der Waals surface area contributed by atoms with Gasteiger partial charge in [0.05, 0.1) is 5.69 Å². The van der Waals surface area contributed by atoms with Crippen LogP contribution in [0.5, 0.6) is 0 Å². The highest BCUT2D eigenvalue weighted by molar-refractivity contribution is 7.89. The molecule has 7 heteroatoms. The van der Waals surface area contributed by atoms with E-state index in [-0.39, 0.29) is 4.90 Å². The molecule has 0 bridgehead atoms. The molecule has 5 nitrogen and oxygen atoms in total. The SMILES string of the molecule is CNS(=O)(=O)c1cc(N)ccc1Nc1ccc(C)c(Cl)c1. The Morgan fingerprint density at radius 1 is 1.14 bits per heavy atom. The molecule has 112 valence electrons. The van der Waals surface area contributed by atoms with Crippen molar-refractivity contribution in [1.82, 2.24) is 4.72 Å². The van der Waals surface area contributed by atoms with Gasteiger partial charge in [-0.25, -0.2) is 13.1 Å². The number of anilines is 3. The predicted molar refractivity (Wildman–Crippen MR) is 86.6 cm³/mol. The minimum atomic E-state index is -3.62. The molecule has 0 heterocycles. The molecule has 0 radical (unpaired) electrons. The van der Waals surface area contributed by atoms with Crippen molar-refractivity contribution in [3.8, 4) is 0 Å². The number of aryl methyl sites for hydroxylation is 1. The standard InChI is InChI=1S/C14H16ClN3O2S/c1-9-3-5-11(8-12(9)15)18-13-6-4-10(16)7-14(13)21(19,20)17-2/h3-8,17-18H,16H2,1-2H3. The Labute approximate surface area is 129 Å². The van der Waals surface area contributed by atoms with Gasteiger partial charge in [0.1, 0.15) is 4.90 Å². The van der Waals surface area contributed by atoms with Crippen molar-refractivity contribution < 1.29 is 8.42 Å². The molecule has 0 spiro atoms. The van der Waals surface area contributed by atoms with Crippen molar-refractivity contribution in [1.29, 1.82) is 0 Å². The van der Waals surface area contributed by atoms with E-state index in [0.29, 0.717) is 22.1 Å². The lowest BCUT2D eigenvalue weighted by atomic mass is 10.2. The van der Waals surface area contributed by atoms with E-state index < -0.39 is 10.0 Å². The van der Waals surface area contributed by atoms with Gasteiger partial charge in [0, 0.05) is 16.4 Å². The summed E-state index contributed by atoms with van der Waals surface area (Å²) in [6.07, 6.45) is 0. The smallest absolute Gasteiger partial charge is 0.242 e. The molecule has 0 aliphatic heterocycles. The summed E-state index contributed by atoms with van der Waals surface area (Å²) < 4.78 is 26.4. The van der Waals surface area contributed by atoms with E-state index >= 15 is 0 Å². The number of sulfonamides is 1. The summed E-state index contributed by atoms with van der Waals surface area (Å²) in [5, 5.41) is 3.65. The lowest BCUT2D eigenvalue weighted by Gasteiger charge is -2.13. The third kappa shape index (κ3) is 3.47. The molecule has 21 heavy (non-hydrogen) atoms. The highest BCUT2D eigenvalue weighted by Gasteiger charge is 2.17. The first-order valence-electron chi connectivity index (χ1n) is 6.20. The molecular formula is C14H16ClN3O2S. The second kappa shape index (κ2) is 5.93. The van der Waals surface area contributed by atoms with Crippen LogP contribution >= 0.6 is 11.6 Å². The Morgan fingerprint density at radius 2 is 1.86 bits per heavy atom. The molecule has 0 saturated heterocycles. The van der Waals surface area contributed by atoms with Crippen molar-refractivity contribution in [3.63, 3.8) is 0 Å². The summed E-state index contributed by atoms with van der Waals surface area (Å²) in [7, 11) is -2.26. The molecule has 0 aromatic heterocycles. The normalized spacial score (nSPS) is 11.4. The molecule has 2 aromatic rings. The van der Waals surface area contributed by atoms with E-state index in [2.05, 4.69) is 10.0 Å². The van der Waals surface area contributed by atoms with Crippen LogP contribution < -0.4 is 15.8 Å². The molecule has 0 unspecified atom stereocenters. The van der Waals surface area contributed by atoms with Crippen LogP contribution in [0.2, 0.25) is 5.02 Å². The van der Waals surface area contributed by atoms with Gasteiger partial charge in [-0.15, -0.1) is 0 Å². The molecule has 0 amide bonds. The van der Waals surface area contributed by atoms with E-state index in [1.54, 1.807) is 18.2 Å². The van der Waals surface area contributed by atoms with Crippen LogP contribution in [0, 0.1) is 6.92 Å². The zero-order valence-electron chi connectivity index (χ0n) is 11.6. The largest absolute Gasteiger partial charge is 0.399 e. The maximum Gasteiger partial charge on any atom is 0.242 e. The van der Waals surface area contributed by atoms with E-state index in [0.717, 1.165) is 5.56 Å². The molecule has 0 atom stereocenters. The van der Waals surface area contributed by atoms with Gasteiger partial charge in [0.15, 0.2) is 0 Å². The van der Waals surface area contributed by atoms with Crippen molar-refractivity contribution in [3.05, 3.63) is 47.0 Å². The first kappa shape index (κ1) is 15.6. The summed E-state index contributed by atoms with van der Waals surface area (Å²) in [4.78, 5) is 0.0849. The van der Waals surface area contributed by atoms with E-state index in [1.165, 1.54) is 13.1 Å². The van der Waals surface area contributed by atoms with Crippen LogP contribution in [0.15, 0.2) is 41.3 Å². The van der Waals surface area contributed by atoms with E-state index in [4.69, 9.17) is 17.3 Å². The third-order valence-corrected chi connectivity index (χ3v) is 4.88. The maximum absolute atomic E-state index is 12.1. The molecule has 2 rings (SSSR count). The Hall–Kier alpha value is -1.76. The molecule has 0 saturated carbocycles. The number of rotatable bonds is 4. The first-order valence-corrected chi connectivity index (χ1v) is 8.06. The number of nitrogens with two attached hydrogens (primary N) is 1. The number of nitrogens with one attached hydrogen (secondary N) is 2. The van der Waals surface area contributed by atoms with Gasteiger partial charge in [0.2, 0.25) is 10.0 Å². The predicted octanol–water partition coefficient (Wildman–Crippen LogP) is 2.88. The monoisotopic (exact) mass is 325 g/mol. The van der Waals surface area contributed by atoms with Crippen LogP contribution in [-0.4, -0.2) is 15.5 Å². The Morgan fingerprint density at radius 3 is 2.48 bits per heavy atom. The maximum atomic E-state index is 12.1. The zero-order chi connectivity index (χ0) is 15.6. The third-order valence-electron chi connectivity index (χ3n) is 3.01. The van der Waals surface area contributed by atoms with Crippen molar-refractivity contribution in [2.24, 2.45) is 0 Å². The molecule has 0 aliphatic carbocycles. The fourth-order valence-corrected chi connectivity index (χ4v) is 2.90. The van der Waals surface area contributed by atoms with Gasteiger partial charge in [-0.3, -0.25) is 0 Å². The second-order valence-electron chi connectivity index (χ2n) is 4.55. The van der Waals surface area contributed by atoms with E-state index in [9.17, 15) is 8.42 Å². The highest BCUT2D eigenvalue weighted by Crippen LogP contribution is 2.28. The van der Waals surface area contributed by atoms with Gasteiger partial charge in [-0.2, -0.15) is 0 Å². The number of benzene rings is 2. The van der Waals surface area contributed by atoms with Crippen molar-refractivity contribution in [2.45, 2.75) is 11.8 Å². The van der Waals surface area contributed by atoms with Crippen molar-refractivity contribution >= 4 is 38.7 Å². The average molecular weight is 326 g/mol. The quantitative estimate of drug-likeness (QED) is 0.755. The zero-order valence-corrected chi connectivity index (χ0v) is 13.2. The molecular weight excluding hydrogens is 310 g/mol. The lowest BCUT2D eigenvalue weighted by molar-refractivity contribution is 0.588. The Kier molecular flexibility index (Phi) is 4.41. The molecule has 0 aliphatic rings. The van der Waals surface area contributed by atoms with Crippen LogP contribution in [0.3, 0.4) is 0 Å². The Bertz CT molecular complexity index is 776. The molecule has 2 aromatic carbocycles. The summed E-state index contributed by atoms with van der Waals surface area (Å²) in [5.74, 6) is 0. The lowest BCUT2D eigenvalue weighted by Crippen LogP contribution is -2.20. The Balaban J connectivity index is 2.47. The number of hydrogen-bond acceptors (Lipinski definition) is 4. The highest BCUT2D eigenvalue weighted by atomic mass is 35.5. The fourth-order valence-electron chi connectivity index (χ4n) is 1.80. The van der Waals surface area contributed by atoms with Crippen LogP contribution in [-0.2, 0) is 10.0 Å². The van der Waals surface area contributed by atoms with Gasteiger partial charge < -0.3 is 11.1 Å². The molecule has 4 N–H and O–H groups in total. The number of nitrogen functional groups attached to an aromatic ring is 1. The number of hydrogen-bond donors (Lipinski definition) is 3. The average Bonchev–Trinajstić information content (AvgIpc) is 2.44. The topological polar surface area (TPSA) is 84.2 Å². The summed E-state index contributed by atoms with van der Waals surface area (Å²) in [5.41, 5.74) is 8.12. The van der Waals surface area contributed by atoms with Gasteiger partial charge in [0.25, 0.3) is 0 Å². The van der Waals surface area contributed by atoms with Gasteiger partial charge in [-0.05, 0) is 49.9 Å². The van der Waals surface area contributed by atoms with Crippen LogP contribution in [0.4, 0.5) is 17.1 Å². The van der Waals surface area contributed by atoms with Gasteiger partial charge in [-0.1, -0.05) is 17.7 Å². The summed E-state index contributed by atoms with van der Waals surface area (Å²) >= 11 is 6.07. The summed E-state index contributed by atoms with van der Waals surface area (Å²) in [6.45, 7) is 1.90. The van der Waals surface area contributed by atoms with Crippen molar-refractivity contribution in [2.75, 3.05) is 18.1 Å². The second-order valence-corrected chi connectivity index (χ2v) is 6.81. The number of halogens is 1. The summed E-state index contributed by atoms with van der Waals surface area (Å²) in [6, 6.07) is 10.1.